The van der Waals surface area contributed by atoms with Gasteiger partial charge in [0.25, 0.3) is 0 Å². The molecule has 0 atom stereocenters. The number of carbonyl (C=O) groups is 2. The number of ether oxygens (including phenoxy) is 1. The minimum atomic E-state index is -0.285. The molecule has 1 saturated heterocycles. The van der Waals surface area contributed by atoms with Crippen molar-refractivity contribution in [3.8, 4) is 0 Å². The number of morpholine rings is 1. The summed E-state index contributed by atoms with van der Waals surface area (Å²) in [4.78, 5) is 29.5. The Labute approximate surface area is 130 Å². The average Bonchev–Trinajstić information content (AvgIpc) is 2.55. The van der Waals surface area contributed by atoms with Crippen LogP contribution >= 0.6 is 0 Å². The van der Waals surface area contributed by atoms with Crippen molar-refractivity contribution in [3.63, 3.8) is 0 Å². The van der Waals surface area contributed by atoms with Gasteiger partial charge in [0.2, 0.25) is 11.8 Å². The number of hydrogen-bond acceptors (Lipinski definition) is 5. The van der Waals surface area contributed by atoms with Crippen molar-refractivity contribution in [1.82, 2.24) is 20.5 Å². The number of nitrogens with zero attached hydrogens (tertiary/aromatic N) is 2. The lowest BCUT2D eigenvalue weighted by Crippen LogP contribution is -2.42. The molecule has 1 aliphatic heterocycles. The smallest absolute Gasteiger partial charge is 0.229 e. The van der Waals surface area contributed by atoms with Crippen LogP contribution in [0.25, 0.3) is 0 Å². The van der Waals surface area contributed by atoms with Gasteiger partial charge in [-0.05, 0) is 11.6 Å². The first kappa shape index (κ1) is 16.4. The molecule has 0 aromatic carbocycles. The lowest BCUT2D eigenvalue weighted by Gasteiger charge is -2.26. The standard InChI is InChI=1S/C15H22N4O3/c20-14(17-4-5-19-6-8-22-9-7-19)10-15(21)18-12-13-2-1-3-16-11-13/h1-3,11H,4-10,12H2,(H,17,20)(H,18,21). The van der Waals surface area contributed by atoms with Gasteiger partial charge in [-0.2, -0.15) is 0 Å². The molecule has 0 unspecified atom stereocenters. The Morgan fingerprint density at radius 3 is 2.73 bits per heavy atom. The SMILES string of the molecule is O=C(CC(=O)NCc1cccnc1)NCCN1CCOCC1. The Bertz CT molecular complexity index is 475. The predicted molar refractivity (Wildman–Crippen MR) is 81.0 cm³/mol. The third-order valence-corrected chi connectivity index (χ3v) is 3.39. The number of pyridine rings is 1. The second-order valence-corrected chi connectivity index (χ2v) is 5.12. The topological polar surface area (TPSA) is 83.6 Å². The van der Waals surface area contributed by atoms with E-state index in [0.717, 1.165) is 38.4 Å². The fourth-order valence-electron chi connectivity index (χ4n) is 2.15. The molecule has 2 rings (SSSR count). The van der Waals surface area contributed by atoms with Crippen LogP contribution in [0.2, 0.25) is 0 Å². The zero-order valence-electron chi connectivity index (χ0n) is 12.6. The molecule has 120 valence electrons. The van der Waals surface area contributed by atoms with Gasteiger partial charge < -0.3 is 15.4 Å². The molecule has 0 radical (unpaired) electrons. The van der Waals surface area contributed by atoms with Gasteiger partial charge in [-0.1, -0.05) is 6.07 Å². The van der Waals surface area contributed by atoms with E-state index in [1.54, 1.807) is 18.5 Å². The number of nitrogens with one attached hydrogen (secondary N) is 2. The van der Waals surface area contributed by atoms with Crippen LogP contribution in [0.15, 0.2) is 24.5 Å². The van der Waals surface area contributed by atoms with Crippen molar-refractivity contribution < 1.29 is 14.3 Å². The maximum atomic E-state index is 11.7. The highest BCUT2D eigenvalue weighted by Crippen LogP contribution is 1.96. The molecule has 2 amide bonds. The fourth-order valence-corrected chi connectivity index (χ4v) is 2.15. The molecular formula is C15H22N4O3. The molecule has 0 aliphatic carbocycles. The molecule has 1 aromatic heterocycles. The molecule has 1 fully saturated rings. The summed E-state index contributed by atoms with van der Waals surface area (Å²) in [5.41, 5.74) is 0.906. The molecule has 2 N–H and O–H groups in total. The van der Waals surface area contributed by atoms with Gasteiger partial charge in [-0.25, -0.2) is 0 Å². The summed E-state index contributed by atoms with van der Waals surface area (Å²) >= 11 is 0. The van der Waals surface area contributed by atoms with E-state index in [1.807, 2.05) is 6.07 Å². The van der Waals surface area contributed by atoms with E-state index in [0.29, 0.717) is 13.1 Å². The van der Waals surface area contributed by atoms with Crippen molar-refractivity contribution >= 4 is 11.8 Å². The van der Waals surface area contributed by atoms with Crippen molar-refractivity contribution in [2.45, 2.75) is 13.0 Å². The minimum Gasteiger partial charge on any atom is -0.379 e. The quantitative estimate of drug-likeness (QED) is 0.666. The minimum absolute atomic E-state index is 0.149. The largest absolute Gasteiger partial charge is 0.379 e. The number of aromatic nitrogens is 1. The monoisotopic (exact) mass is 306 g/mol. The summed E-state index contributed by atoms with van der Waals surface area (Å²) in [5.74, 6) is -0.537. The van der Waals surface area contributed by atoms with Gasteiger partial charge in [0.05, 0.1) is 13.2 Å². The van der Waals surface area contributed by atoms with Crippen LogP contribution < -0.4 is 10.6 Å². The predicted octanol–water partition coefficient (Wildman–Crippen LogP) is -0.464. The van der Waals surface area contributed by atoms with Crippen molar-refractivity contribution in [3.05, 3.63) is 30.1 Å². The van der Waals surface area contributed by atoms with E-state index < -0.39 is 0 Å². The van der Waals surface area contributed by atoms with Crippen molar-refractivity contribution in [2.75, 3.05) is 39.4 Å². The number of amides is 2. The molecule has 0 spiro atoms. The normalized spacial score (nSPS) is 15.3. The second kappa shape index (κ2) is 9.11. The van der Waals surface area contributed by atoms with Crippen LogP contribution in [0.1, 0.15) is 12.0 Å². The van der Waals surface area contributed by atoms with Crippen LogP contribution in [-0.4, -0.2) is 61.1 Å². The van der Waals surface area contributed by atoms with Crippen molar-refractivity contribution in [2.24, 2.45) is 0 Å². The van der Waals surface area contributed by atoms with Crippen LogP contribution in [-0.2, 0) is 20.9 Å². The molecule has 0 bridgehead atoms. The zero-order valence-corrected chi connectivity index (χ0v) is 12.6. The third kappa shape index (κ3) is 6.19. The van der Waals surface area contributed by atoms with Gasteiger partial charge in [-0.3, -0.25) is 19.5 Å². The molecule has 2 heterocycles. The molecule has 1 aromatic rings. The average molecular weight is 306 g/mol. The van der Waals surface area contributed by atoms with Gasteiger partial charge in [0.1, 0.15) is 6.42 Å². The highest BCUT2D eigenvalue weighted by atomic mass is 16.5. The van der Waals surface area contributed by atoms with Crippen LogP contribution in [0.5, 0.6) is 0 Å². The van der Waals surface area contributed by atoms with Crippen LogP contribution in [0.4, 0.5) is 0 Å². The lowest BCUT2D eigenvalue weighted by molar-refractivity contribution is -0.129. The van der Waals surface area contributed by atoms with E-state index in [2.05, 4.69) is 20.5 Å². The number of hydrogen-bond donors (Lipinski definition) is 2. The Balaban J connectivity index is 1.56. The van der Waals surface area contributed by atoms with Crippen molar-refractivity contribution in [1.29, 1.82) is 0 Å². The molecule has 1 aliphatic rings. The molecular weight excluding hydrogens is 284 g/mol. The Morgan fingerprint density at radius 1 is 1.23 bits per heavy atom. The maximum absolute atomic E-state index is 11.7. The molecule has 7 heteroatoms. The highest BCUT2D eigenvalue weighted by Gasteiger charge is 2.12. The number of rotatable bonds is 7. The van der Waals surface area contributed by atoms with E-state index in [4.69, 9.17) is 4.74 Å². The lowest BCUT2D eigenvalue weighted by atomic mass is 10.3. The van der Waals surface area contributed by atoms with Crippen LogP contribution in [0.3, 0.4) is 0 Å². The van der Waals surface area contributed by atoms with Gasteiger partial charge >= 0.3 is 0 Å². The van der Waals surface area contributed by atoms with Gasteiger partial charge in [0, 0.05) is 45.1 Å². The summed E-state index contributed by atoms with van der Waals surface area (Å²) in [7, 11) is 0. The Morgan fingerprint density at radius 2 is 2.00 bits per heavy atom. The summed E-state index contributed by atoms with van der Waals surface area (Å²) in [6.07, 6.45) is 3.21. The van der Waals surface area contributed by atoms with Gasteiger partial charge in [0.15, 0.2) is 0 Å². The number of carbonyl (C=O) groups excluding carboxylic acids is 2. The first-order chi connectivity index (χ1) is 10.7. The fraction of sp³-hybridized carbons (Fsp3) is 0.533. The van der Waals surface area contributed by atoms with E-state index in [-0.39, 0.29) is 18.2 Å². The summed E-state index contributed by atoms with van der Waals surface area (Å²) in [5, 5.41) is 5.47. The van der Waals surface area contributed by atoms with Crippen LogP contribution in [0, 0.1) is 0 Å². The van der Waals surface area contributed by atoms with E-state index in [9.17, 15) is 9.59 Å². The summed E-state index contributed by atoms with van der Waals surface area (Å²) < 4.78 is 5.26. The Kier molecular flexibility index (Phi) is 6.79. The summed E-state index contributed by atoms with van der Waals surface area (Å²) in [6.45, 7) is 4.98. The summed E-state index contributed by atoms with van der Waals surface area (Å²) in [6, 6.07) is 3.68. The highest BCUT2D eigenvalue weighted by molar-refractivity contribution is 5.96. The molecule has 7 nitrogen and oxygen atoms in total. The second-order valence-electron chi connectivity index (χ2n) is 5.12. The van der Waals surface area contributed by atoms with E-state index >= 15 is 0 Å². The zero-order chi connectivity index (χ0) is 15.6. The van der Waals surface area contributed by atoms with E-state index in [1.165, 1.54) is 0 Å². The third-order valence-electron chi connectivity index (χ3n) is 3.39. The molecule has 0 saturated carbocycles. The first-order valence-electron chi connectivity index (χ1n) is 7.46. The molecule has 22 heavy (non-hydrogen) atoms. The Hall–Kier alpha value is -1.99. The van der Waals surface area contributed by atoms with Gasteiger partial charge in [-0.15, -0.1) is 0 Å². The maximum Gasteiger partial charge on any atom is 0.229 e. The first-order valence-corrected chi connectivity index (χ1v) is 7.46.